The number of nitrogens with two attached hydrogens (primary N) is 1. The lowest BCUT2D eigenvalue weighted by molar-refractivity contribution is -0.114. The third-order valence-corrected chi connectivity index (χ3v) is 5.19. The van der Waals surface area contributed by atoms with E-state index in [1.807, 2.05) is 0 Å². The molecular weight excluding hydrogens is 368 g/mol. The van der Waals surface area contributed by atoms with E-state index >= 15 is 0 Å². The third kappa shape index (κ3) is 5.02. The molecular formula is C13H18Cl2FN3O3S. The van der Waals surface area contributed by atoms with Gasteiger partial charge in [-0.05, 0) is 24.8 Å². The quantitative estimate of drug-likeness (QED) is 0.695. The maximum Gasteiger partial charge on any atom is 0.243 e. The standard InChI is InChI=1S/C13H17ClFN3O3S.ClH/c1-7(19)17-11-5-10(15)13(4-9(11)14)22(20,21)18-12(6-16)8-2-3-8;/h4-5,8,12,18H,2-3,6,16H2,1H3,(H,17,19);1H. The first-order valence-corrected chi connectivity index (χ1v) is 8.59. The van der Waals surface area contributed by atoms with Crippen molar-refractivity contribution in [1.29, 1.82) is 0 Å². The summed E-state index contributed by atoms with van der Waals surface area (Å²) < 4.78 is 41.1. The number of anilines is 1. The van der Waals surface area contributed by atoms with Crippen molar-refractivity contribution in [2.45, 2.75) is 30.7 Å². The fourth-order valence-corrected chi connectivity index (χ4v) is 3.80. The highest BCUT2D eigenvalue weighted by Crippen LogP contribution is 2.34. The molecule has 0 aromatic heterocycles. The summed E-state index contributed by atoms with van der Waals surface area (Å²) >= 11 is 5.90. The smallest absolute Gasteiger partial charge is 0.243 e. The summed E-state index contributed by atoms with van der Waals surface area (Å²) in [6.45, 7) is 1.38. The zero-order valence-corrected chi connectivity index (χ0v) is 14.7. The van der Waals surface area contributed by atoms with Gasteiger partial charge in [0.1, 0.15) is 10.7 Å². The van der Waals surface area contributed by atoms with E-state index in [1.165, 1.54) is 6.92 Å². The van der Waals surface area contributed by atoms with Crippen molar-refractivity contribution in [3.8, 4) is 0 Å². The topological polar surface area (TPSA) is 101 Å². The minimum absolute atomic E-state index is 0. The van der Waals surface area contributed by atoms with E-state index in [0.29, 0.717) is 0 Å². The molecule has 4 N–H and O–H groups in total. The molecule has 1 aliphatic carbocycles. The van der Waals surface area contributed by atoms with E-state index < -0.39 is 32.7 Å². The molecule has 1 fully saturated rings. The average molecular weight is 386 g/mol. The first-order valence-electron chi connectivity index (χ1n) is 6.73. The molecule has 0 heterocycles. The van der Waals surface area contributed by atoms with Gasteiger partial charge in [0, 0.05) is 25.6 Å². The van der Waals surface area contributed by atoms with Gasteiger partial charge in [-0.25, -0.2) is 17.5 Å². The molecule has 23 heavy (non-hydrogen) atoms. The summed E-state index contributed by atoms with van der Waals surface area (Å²) in [4.78, 5) is 10.4. The molecule has 0 radical (unpaired) electrons. The van der Waals surface area contributed by atoms with Gasteiger partial charge in [0.2, 0.25) is 15.9 Å². The number of halogens is 3. The Kier molecular flexibility index (Phi) is 6.79. The third-order valence-electron chi connectivity index (χ3n) is 3.37. The van der Waals surface area contributed by atoms with Crippen LogP contribution in [-0.4, -0.2) is 26.9 Å². The van der Waals surface area contributed by atoms with Gasteiger partial charge in [-0.15, -0.1) is 12.4 Å². The van der Waals surface area contributed by atoms with Crippen molar-refractivity contribution in [2.24, 2.45) is 11.7 Å². The van der Waals surface area contributed by atoms with Crippen molar-refractivity contribution in [1.82, 2.24) is 4.72 Å². The van der Waals surface area contributed by atoms with Crippen LogP contribution in [0.4, 0.5) is 10.1 Å². The number of benzene rings is 1. The fourth-order valence-electron chi connectivity index (χ4n) is 2.12. The average Bonchev–Trinajstić information content (AvgIpc) is 3.23. The maximum atomic E-state index is 14.1. The summed E-state index contributed by atoms with van der Waals surface area (Å²) in [5.74, 6) is -1.24. The molecule has 1 amide bonds. The Balaban J connectivity index is 0.00000264. The Morgan fingerprint density at radius 3 is 2.57 bits per heavy atom. The van der Waals surface area contributed by atoms with Crippen molar-refractivity contribution in [3.05, 3.63) is 23.0 Å². The van der Waals surface area contributed by atoms with Crippen molar-refractivity contribution in [3.63, 3.8) is 0 Å². The monoisotopic (exact) mass is 385 g/mol. The predicted molar refractivity (Wildman–Crippen MR) is 88.8 cm³/mol. The second-order valence-electron chi connectivity index (χ2n) is 5.24. The van der Waals surface area contributed by atoms with Crippen LogP contribution in [0.3, 0.4) is 0 Å². The zero-order valence-electron chi connectivity index (χ0n) is 12.3. The minimum Gasteiger partial charge on any atom is -0.329 e. The number of carbonyl (C=O) groups excluding carboxylic acids is 1. The number of nitrogens with one attached hydrogen (secondary N) is 2. The van der Waals surface area contributed by atoms with Gasteiger partial charge in [-0.2, -0.15) is 0 Å². The molecule has 0 saturated heterocycles. The molecule has 1 aliphatic rings. The normalized spacial score (nSPS) is 15.7. The second-order valence-corrected chi connectivity index (χ2v) is 7.33. The van der Waals surface area contributed by atoms with Crippen molar-refractivity contribution >= 4 is 45.6 Å². The van der Waals surface area contributed by atoms with Crippen LogP contribution < -0.4 is 15.8 Å². The van der Waals surface area contributed by atoms with Crippen molar-refractivity contribution in [2.75, 3.05) is 11.9 Å². The van der Waals surface area contributed by atoms with Gasteiger partial charge in [0.15, 0.2) is 0 Å². The van der Waals surface area contributed by atoms with Gasteiger partial charge >= 0.3 is 0 Å². The van der Waals surface area contributed by atoms with E-state index in [1.54, 1.807) is 0 Å². The molecule has 6 nitrogen and oxygen atoms in total. The first-order chi connectivity index (χ1) is 10.2. The predicted octanol–water partition coefficient (Wildman–Crippen LogP) is 1.87. The molecule has 0 spiro atoms. The molecule has 1 aromatic carbocycles. The molecule has 1 atom stereocenters. The fraction of sp³-hybridized carbons (Fsp3) is 0.462. The molecule has 1 saturated carbocycles. The Labute approximate surface area is 145 Å². The Hall–Kier alpha value is -0.930. The van der Waals surface area contributed by atoms with Crippen LogP contribution in [0.1, 0.15) is 19.8 Å². The zero-order chi connectivity index (χ0) is 16.5. The highest BCUT2D eigenvalue weighted by atomic mass is 35.5. The number of sulfonamides is 1. The summed E-state index contributed by atoms with van der Waals surface area (Å²) in [7, 11) is -4.08. The number of amides is 1. The van der Waals surface area contributed by atoms with Crippen LogP contribution in [0, 0.1) is 11.7 Å². The van der Waals surface area contributed by atoms with Gasteiger partial charge in [0.05, 0.1) is 10.7 Å². The van der Waals surface area contributed by atoms with Gasteiger partial charge in [0.25, 0.3) is 0 Å². The number of hydrogen-bond donors (Lipinski definition) is 3. The molecule has 130 valence electrons. The second kappa shape index (κ2) is 7.76. The molecule has 1 unspecified atom stereocenters. The Morgan fingerprint density at radius 1 is 1.48 bits per heavy atom. The molecule has 10 heteroatoms. The van der Waals surface area contributed by atoms with Crippen LogP contribution in [0.2, 0.25) is 5.02 Å². The summed E-state index contributed by atoms with van der Waals surface area (Å²) in [6, 6.07) is 1.44. The molecule has 1 aromatic rings. The van der Waals surface area contributed by atoms with Crippen LogP contribution >= 0.6 is 24.0 Å². The number of rotatable bonds is 6. The lowest BCUT2D eigenvalue weighted by Crippen LogP contribution is -2.41. The highest BCUT2D eigenvalue weighted by molar-refractivity contribution is 7.89. The largest absolute Gasteiger partial charge is 0.329 e. The molecule has 2 rings (SSSR count). The summed E-state index contributed by atoms with van der Waals surface area (Å²) in [5, 5.41) is 2.26. The van der Waals surface area contributed by atoms with Crippen LogP contribution in [0.25, 0.3) is 0 Å². The Bertz CT molecular complexity index is 696. The SMILES string of the molecule is CC(=O)Nc1cc(F)c(S(=O)(=O)NC(CN)C2CC2)cc1Cl.Cl. The van der Waals surface area contributed by atoms with E-state index in [4.69, 9.17) is 17.3 Å². The summed E-state index contributed by atoms with van der Waals surface area (Å²) in [6.07, 6.45) is 1.80. The van der Waals surface area contributed by atoms with Crippen LogP contribution in [0.15, 0.2) is 17.0 Å². The summed E-state index contributed by atoms with van der Waals surface area (Å²) in [5.41, 5.74) is 5.57. The van der Waals surface area contributed by atoms with E-state index in [9.17, 15) is 17.6 Å². The lowest BCUT2D eigenvalue weighted by Gasteiger charge is -2.17. The van der Waals surface area contributed by atoms with E-state index in [-0.39, 0.29) is 35.6 Å². The van der Waals surface area contributed by atoms with Crippen LogP contribution in [-0.2, 0) is 14.8 Å². The maximum absolute atomic E-state index is 14.1. The minimum atomic E-state index is -4.08. The van der Waals surface area contributed by atoms with Gasteiger partial charge < -0.3 is 11.1 Å². The number of hydrogen-bond acceptors (Lipinski definition) is 4. The lowest BCUT2D eigenvalue weighted by atomic mass is 10.2. The number of carbonyl (C=O) groups is 1. The van der Waals surface area contributed by atoms with Gasteiger partial charge in [-0.3, -0.25) is 4.79 Å². The van der Waals surface area contributed by atoms with Gasteiger partial charge in [-0.1, -0.05) is 11.6 Å². The highest BCUT2D eigenvalue weighted by Gasteiger charge is 2.34. The molecule has 0 bridgehead atoms. The van der Waals surface area contributed by atoms with Crippen LogP contribution in [0.5, 0.6) is 0 Å². The first kappa shape index (κ1) is 20.1. The van der Waals surface area contributed by atoms with E-state index in [0.717, 1.165) is 25.0 Å². The Morgan fingerprint density at radius 2 is 2.09 bits per heavy atom. The van der Waals surface area contributed by atoms with E-state index in [2.05, 4.69) is 10.0 Å². The molecule has 0 aliphatic heterocycles. The van der Waals surface area contributed by atoms with Crippen molar-refractivity contribution < 1.29 is 17.6 Å².